The van der Waals surface area contributed by atoms with Crippen molar-refractivity contribution >= 4 is 23.3 Å². The average molecular weight is 298 g/mol. The van der Waals surface area contributed by atoms with Crippen LogP contribution in [0.4, 0.5) is 5.69 Å². The van der Waals surface area contributed by atoms with Gasteiger partial charge in [-0.2, -0.15) is 0 Å². The lowest BCUT2D eigenvalue weighted by atomic mass is 9.83. The van der Waals surface area contributed by atoms with Crippen molar-refractivity contribution in [2.24, 2.45) is 0 Å². The third-order valence-corrected chi connectivity index (χ3v) is 5.16. The average Bonchev–Trinajstić information content (AvgIpc) is 3.26. The molecule has 1 aromatic rings. The summed E-state index contributed by atoms with van der Waals surface area (Å²) >= 11 is 0. The Morgan fingerprint density at radius 2 is 2.00 bits per heavy atom. The molecule has 1 saturated heterocycles. The van der Waals surface area contributed by atoms with Crippen molar-refractivity contribution in [3.8, 4) is 0 Å². The van der Waals surface area contributed by atoms with Crippen LogP contribution in [0.5, 0.6) is 0 Å². The van der Waals surface area contributed by atoms with Gasteiger partial charge in [-0.3, -0.25) is 19.7 Å². The molecule has 5 heteroatoms. The fourth-order valence-corrected chi connectivity index (χ4v) is 3.76. The fourth-order valence-electron chi connectivity index (χ4n) is 3.76. The Morgan fingerprint density at radius 3 is 2.68 bits per heavy atom. The Kier molecular flexibility index (Phi) is 2.71. The maximum Gasteiger partial charge on any atom is 0.249 e. The number of anilines is 1. The number of Topliss-reactive ketones (excluding diaryl/α,β-unsaturated/α-hetero) is 1. The first-order valence-electron chi connectivity index (χ1n) is 7.76. The maximum atomic E-state index is 12.6. The van der Waals surface area contributed by atoms with Gasteiger partial charge in [-0.05, 0) is 37.8 Å². The number of nitrogens with one attached hydrogen (secondary N) is 1. The van der Waals surface area contributed by atoms with Crippen molar-refractivity contribution in [2.75, 3.05) is 11.4 Å². The minimum Gasteiger partial charge on any atom is -0.352 e. The van der Waals surface area contributed by atoms with E-state index in [1.807, 2.05) is 24.0 Å². The van der Waals surface area contributed by atoms with Crippen LogP contribution in [0.1, 0.15) is 36.8 Å². The number of piperidine rings is 1. The van der Waals surface area contributed by atoms with E-state index in [9.17, 15) is 14.4 Å². The molecule has 0 radical (unpaired) electrons. The molecule has 1 spiro atoms. The Hall–Kier alpha value is -2.17. The number of nitrogens with zero attached hydrogens (tertiary/aromatic N) is 1. The molecule has 2 heterocycles. The topological polar surface area (TPSA) is 66.5 Å². The molecule has 114 valence electrons. The molecule has 1 saturated carbocycles. The van der Waals surface area contributed by atoms with Crippen LogP contribution in [0.2, 0.25) is 0 Å². The van der Waals surface area contributed by atoms with E-state index in [0.717, 1.165) is 29.7 Å². The van der Waals surface area contributed by atoms with Crippen LogP contribution >= 0.6 is 0 Å². The number of hydrogen-bond donors (Lipinski definition) is 1. The van der Waals surface area contributed by atoms with E-state index < -0.39 is 6.04 Å². The summed E-state index contributed by atoms with van der Waals surface area (Å²) in [7, 11) is 0. The molecule has 1 N–H and O–H groups in total. The molecule has 2 aliphatic heterocycles. The maximum absolute atomic E-state index is 12.6. The zero-order valence-corrected chi connectivity index (χ0v) is 12.5. The number of carbonyl (C=O) groups excluding carboxylic acids is 3. The van der Waals surface area contributed by atoms with E-state index in [0.29, 0.717) is 12.8 Å². The summed E-state index contributed by atoms with van der Waals surface area (Å²) in [5.41, 5.74) is 2.87. The summed E-state index contributed by atoms with van der Waals surface area (Å²) in [6, 6.07) is 5.68. The van der Waals surface area contributed by atoms with E-state index in [1.54, 1.807) is 0 Å². The highest BCUT2D eigenvalue weighted by Gasteiger charge is 2.56. The number of imide groups is 1. The number of hydrogen-bond acceptors (Lipinski definition) is 4. The number of fused-ring (bicyclic) bond motifs is 2. The first-order chi connectivity index (χ1) is 10.5. The summed E-state index contributed by atoms with van der Waals surface area (Å²) in [6.07, 6.45) is 2.61. The van der Waals surface area contributed by atoms with Gasteiger partial charge in [0.15, 0.2) is 5.78 Å². The molecule has 2 fully saturated rings. The molecule has 1 aromatic carbocycles. The van der Waals surface area contributed by atoms with Gasteiger partial charge < -0.3 is 4.90 Å². The van der Waals surface area contributed by atoms with Crippen LogP contribution < -0.4 is 10.2 Å². The lowest BCUT2D eigenvalue weighted by Crippen LogP contribution is -2.56. The van der Waals surface area contributed by atoms with E-state index in [-0.39, 0.29) is 29.6 Å². The highest BCUT2D eigenvalue weighted by atomic mass is 16.2. The monoisotopic (exact) mass is 298 g/mol. The third-order valence-electron chi connectivity index (χ3n) is 5.16. The Morgan fingerprint density at radius 1 is 1.23 bits per heavy atom. The largest absolute Gasteiger partial charge is 0.352 e. The molecule has 1 atom stereocenters. The van der Waals surface area contributed by atoms with E-state index in [4.69, 9.17) is 0 Å². The van der Waals surface area contributed by atoms with Crippen molar-refractivity contribution in [1.29, 1.82) is 0 Å². The van der Waals surface area contributed by atoms with Crippen molar-refractivity contribution in [1.82, 2.24) is 5.32 Å². The van der Waals surface area contributed by atoms with E-state index in [2.05, 4.69) is 11.4 Å². The second kappa shape index (κ2) is 4.41. The molecule has 0 bridgehead atoms. The van der Waals surface area contributed by atoms with Gasteiger partial charge in [-0.25, -0.2) is 0 Å². The predicted octanol–water partition coefficient (Wildman–Crippen LogP) is 1.22. The molecular weight excluding hydrogens is 280 g/mol. The van der Waals surface area contributed by atoms with Gasteiger partial charge in [0.05, 0.1) is 12.0 Å². The summed E-state index contributed by atoms with van der Waals surface area (Å²) in [5, 5.41) is 2.39. The number of carbonyl (C=O) groups is 3. The Bertz CT molecular complexity index is 706. The molecular formula is C17H18N2O3. The second-order valence-electron chi connectivity index (χ2n) is 6.62. The summed E-state index contributed by atoms with van der Waals surface area (Å²) in [5.74, 6) is -0.315. The lowest BCUT2D eigenvalue weighted by Gasteiger charge is -2.40. The van der Waals surface area contributed by atoms with Gasteiger partial charge in [0.25, 0.3) is 0 Å². The number of aryl methyl sites for hydroxylation is 1. The van der Waals surface area contributed by atoms with Gasteiger partial charge in [-0.15, -0.1) is 0 Å². The fraction of sp³-hybridized carbons (Fsp3) is 0.471. The zero-order valence-electron chi connectivity index (χ0n) is 12.5. The lowest BCUT2D eigenvalue weighted by molar-refractivity contribution is -0.134. The van der Waals surface area contributed by atoms with Crippen LogP contribution in [-0.2, 0) is 19.8 Å². The summed E-state index contributed by atoms with van der Waals surface area (Å²) in [4.78, 5) is 38.1. The van der Waals surface area contributed by atoms with Gasteiger partial charge in [0.2, 0.25) is 11.8 Å². The number of rotatable bonds is 1. The molecule has 22 heavy (non-hydrogen) atoms. The molecule has 3 aliphatic rings. The molecule has 1 unspecified atom stereocenters. The van der Waals surface area contributed by atoms with Gasteiger partial charge >= 0.3 is 0 Å². The highest BCUT2D eigenvalue weighted by molar-refractivity contribution is 6.05. The van der Waals surface area contributed by atoms with Gasteiger partial charge in [0, 0.05) is 12.1 Å². The Labute approximate surface area is 128 Å². The second-order valence-corrected chi connectivity index (χ2v) is 6.62. The smallest absolute Gasteiger partial charge is 0.249 e. The molecule has 0 aromatic heterocycles. The first-order valence-corrected chi connectivity index (χ1v) is 7.76. The SMILES string of the molecule is Cc1ccc2c(c1)C1(CC1)C(=O)CN2C1CCC(=O)NC1=O. The Balaban J connectivity index is 1.77. The van der Waals surface area contributed by atoms with Crippen LogP contribution in [0, 0.1) is 6.92 Å². The molecule has 5 nitrogen and oxygen atoms in total. The third kappa shape index (κ3) is 1.81. The minimum absolute atomic E-state index is 0.204. The van der Waals surface area contributed by atoms with Crippen LogP contribution in [-0.4, -0.2) is 30.2 Å². The van der Waals surface area contributed by atoms with Crippen LogP contribution in [0.15, 0.2) is 18.2 Å². The van der Waals surface area contributed by atoms with Crippen molar-refractivity contribution in [3.05, 3.63) is 29.3 Å². The predicted molar refractivity (Wildman–Crippen MR) is 80.6 cm³/mol. The number of ketones is 1. The van der Waals surface area contributed by atoms with E-state index >= 15 is 0 Å². The van der Waals surface area contributed by atoms with E-state index in [1.165, 1.54) is 0 Å². The first kappa shape index (κ1) is 13.5. The standard InChI is InChI=1S/C17H18N2O3/c1-10-2-3-12-11(8-10)17(6-7-17)14(20)9-19(12)13-4-5-15(21)18-16(13)22/h2-3,8,13H,4-7,9H2,1H3,(H,18,21,22). The van der Waals surface area contributed by atoms with Crippen LogP contribution in [0.25, 0.3) is 0 Å². The highest BCUT2D eigenvalue weighted by Crippen LogP contribution is 2.55. The molecule has 2 amide bonds. The van der Waals surface area contributed by atoms with Crippen molar-refractivity contribution in [2.45, 2.75) is 44.1 Å². The minimum atomic E-state index is -0.431. The van der Waals surface area contributed by atoms with Gasteiger partial charge in [0.1, 0.15) is 6.04 Å². The van der Waals surface area contributed by atoms with Crippen molar-refractivity contribution < 1.29 is 14.4 Å². The number of amides is 2. The zero-order chi connectivity index (χ0) is 15.5. The van der Waals surface area contributed by atoms with Crippen molar-refractivity contribution in [3.63, 3.8) is 0 Å². The summed E-state index contributed by atoms with van der Waals surface area (Å²) < 4.78 is 0. The van der Waals surface area contributed by atoms with Gasteiger partial charge in [-0.1, -0.05) is 17.7 Å². The van der Waals surface area contributed by atoms with Crippen LogP contribution in [0.3, 0.4) is 0 Å². The quantitative estimate of drug-likeness (QED) is 0.792. The molecule has 4 rings (SSSR count). The molecule has 1 aliphatic carbocycles. The number of benzene rings is 1. The normalized spacial score (nSPS) is 26.0. The summed E-state index contributed by atoms with van der Waals surface area (Å²) in [6.45, 7) is 2.29.